The van der Waals surface area contributed by atoms with Crippen molar-refractivity contribution in [2.75, 3.05) is 0 Å². The Bertz CT molecular complexity index is 689. The van der Waals surface area contributed by atoms with E-state index in [0.29, 0.717) is 23.9 Å². The topological polar surface area (TPSA) is 72.3 Å². The second-order valence-corrected chi connectivity index (χ2v) is 5.95. The monoisotopic (exact) mass is 356 g/mol. The van der Waals surface area contributed by atoms with Gasteiger partial charge in [0.2, 0.25) is 5.88 Å². The van der Waals surface area contributed by atoms with E-state index in [4.69, 9.17) is 21.4 Å². The number of fused-ring (bicyclic) bond motifs is 1. The number of ether oxygens (including phenoxy) is 1. The zero-order valence-electron chi connectivity index (χ0n) is 10.2. The third-order valence-corrected chi connectivity index (χ3v) is 4.21. The summed E-state index contributed by atoms with van der Waals surface area (Å²) < 4.78 is 6.57. The van der Waals surface area contributed by atoms with E-state index < -0.39 is 5.97 Å². The van der Waals surface area contributed by atoms with Crippen LogP contribution >= 0.6 is 27.5 Å². The standard InChI is InChI=1S/C13H10BrClN2O3/c14-10-5-17-12(9-4-16-11(15)3-8(9)10)20-7-1-6(2-7)13(18)19/h3-7H,1-2H2,(H,18,19). The summed E-state index contributed by atoms with van der Waals surface area (Å²) in [6.45, 7) is 0. The molecule has 0 amide bonds. The van der Waals surface area contributed by atoms with Crippen LogP contribution in [0.1, 0.15) is 12.8 Å². The van der Waals surface area contributed by atoms with Crippen LogP contribution in [0, 0.1) is 5.92 Å². The van der Waals surface area contributed by atoms with Crippen molar-refractivity contribution >= 4 is 44.3 Å². The number of pyridine rings is 2. The molecule has 3 rings (SSSR count). The quantitative estimate of drug-likeness (QED) is 0.853. The Morgan fingerprint density at radius 2 is 2.10 bits per heavy atom. The van der Waals surface area contributed by atoms with Crippen molar-refractivity contribution in [3.8, 4) is 5.88 Å². The van der Waals surface area contributed by atoms with Crippen molar-refractivity contribution in [3.63, 3.8) is 0 Å². The highest BCUT2D eigenvalue weighted by Gasteiger charge is 2.36. The molecule has 2 heterocycles. The molecule has 104 valence electrons. The molecule has 0 bridgehead atoms. The van der Waals surface area contributed by atoms with Gasteiger partial charge in [-0.1, -0.05) is 11.6 Å². The molecule has 0 unspecified atom stereocenters. The molecule has 1 N–H and O–H groups in total. The van der Waals surface area contributed by atoms with Crippen LogP contribution in [-0.2, 0) is 4.79 Å². The molecule has 1 aliphatic rings. The highest BCUT2D eigenvalue weighted by molar-refractivity contribution is 9.10. The molecule has 0 radical (unpaired) electrons. The minimum atomic E-state index is -0.771. The Morgan fingerprint density at radius 1 is 1.35 bits per heavy atom. The molecule has 0 saturated heterocycles. The predicted octanol–water partition coefficient (Wildman–Crippen LogP) is 3.29. The Balaban J connectivity index is 1.86. The van der Waals surface area contributed by atoms with Gasteiger partial charge in [-0.05, 0) is 34.8 Å². The summed E-state index contributed by atoms with van der Waals surface area (Å²) in [5, 5.41) is 10.9. The lowest BCUT2D eigenvalue weighted by Crippen LogP contribution is -2.38. The number of rotatable bonds is 3. The van der Waals surface area contributed by atoms with Gasteiger partial charge < -0.3 is 9.84 Å². The van der Waals surface area contributed by atoms with Gasteiger partial charge in [0, 0.05) is 22.3 Å². The average molecular weight is 358 g/mol. The normalized spacial score (nSPS) is 21.5. The van der Waals surface area contributed by atoms with Gasteiger partial charge in [0.25, 0.3) is 0 Å². The van der Waals surface area contributed by atoms with Crippen molar-refractivity contribution in [1.29, 1.82) is 0 Å². The maximum atomic E-state index is 10.8. The molecule has 2 aromatic rings. The van der Waals surface area contributed by atoms with Crippen molar-refractivity contribution in [3.05, 3.63) is 28.1 Å². The lowest BCUT2D eigenvalue weighted by Gasteiger charge is -2.32. The molecule has 0 aromatic carbocycles. The fraction of sp³-hybridized carbons (Fsp3) is 0.308. The minimum absolute atomic E-state index is 0.108. The van der Waals surface area contributed by atoms with Crippen LogP contribution in [0.3, 0.4) is 0 Å². The largest absolute Gasteiger partial charge is 0.481 e. The third kappa shape index (κ3) is 2.45. The average Bonchev–Trinajstić information content (AvgIpc) is 2.35. The zero-order valence-corrected chi connectivity index (χ0v) is 12.6. The summed E-state index contributed by atoms with van der Waals surface area (Å²) in [5.74, 6) is -0.623. The molecular weight excluding hydrogens is 348 g/mol. The lowest BCUT2D eigenvalue weighted by atomic mass is 9.82. The maximum Gasteiger partial charge on any atom is 0.306 e. The Morgan fingerprint density at radius 3 is 2.80 bits per heavy atom. The number of nitrogens with zero attached hydrogens (tertiary/aromatic N) is 2. The second-order valence-electron chi connectivity index (χ2n) is 4.71. The van der Waals surface area contributed by atoms with E-state index in [1.807, 2.05) is 0 Å². The predicted molar refractivity (Wildman–Crippen MR) is 77.0 cm³/mol. The van der Waals surface area contributed by atoms with Gasteiger partial charge >= 0.3 is 5.97 Å². The van der Waals surface area contributed by atoms with Crippen LogP contribution in [0.4, 0.5) is 0 Å². The van der Waals surface area contributed by atoms with Gasteiger partial charge in [0.1, 0.15) is 11.3 Å². The van der Waals surface area contributed by atoms with Crippen molar-refractivity contribution in [2.24, 2.45) is 5.92 Å². The molecular formula is C13H10BrClN2O3. The maximum absolute atomic E-state index is 10.8. The SMILES string of the molecule is O=C(O)C1CC(Oc2ncc(Br)c3cc(Cl)ncc23)C1. The molecule has 5 nitrogen and oxygen atoms in total. The van der Waals surface area contributed by atoms with Gasteiger partial charge in [0.15, 0.2) is 0 Å². The first-order chi connectivity index (χ1) is 9.54. The van der Waals surface area contributed by atoms with E-state index in [-0.39, 0.29) is 12.0 Å². The Hall–Kier alpha value is -1.40. The first-order valence-electron chi connectivity index (χ1n) is 6.04. The van der Waals surface area contributed by atoms with Gasteiger partial charge in [-0.3, -0.25) is 4.79 Å². The molecule has 0 aliphatic heterocycles. The van der Waals surface area contributed by atoms with Crippen LogP contribution in [-0.4, -0.2) is 27.1 Å². The van der Waals surface area contributed by atoms with Crippen LogP contribution in [0.25, 0.3) is 10.8 Å². The summed E-state index contributed by atoms with van der Waals surface area (Å²) >= 11 is 9.29. The highest BCUT2D eigenvalue weighted by Crippen LogP contribution is 2.35. The number of hydrogen-bond donors (Lipinski definition) is 1. The van der Waals surface area contributed by atoms with Crippen LogP contribution in [0.5, 0.6) is 5.88 Å². The number of carboxylic acid groups (broad SMARTS) is 1. The fourth-order valence-electron chi connectivity index (χ4n) is 2.17. The molecule has 7 heteroatoms. The van der Waals surface area contributed by atoms with Gasteiger partial charge in [0.05, 0.1) is 11.3 Å². The summed E-state index contributed by atoms with van der Waals surface area (Å²) in [4.78, 5) is 19.0. The second kappa shape index (κ2) is 5.18. The molecule has 1 aliphatic carbocycles. The molecule has 1 fully saturated rings. The number of aromatic nitrogens is 2. The van der Waals surface area contributed by atoms with E-state index in [9.17, 15) is 4.79 Å². The van der Waals surface area contributed by atoms with Crippen molar-refractivity contribution in [1.82, 2.24) is 9.97 Å². The smallest absolute Gasteiger partial charge is 0.306 e. The zero-order chi connectivity index (χ0) is 14.3. The molecule has 0 atom stereocenters. The first-order valence-corrected chi connectivity index (χ1v) is 7.21. The van der Waals surface area contributed by atoms with Gasteiger partial charge in [-0.2, -0.15) is 0 Å². The number of halogens is 2. The molecule has 20 heavy (non-hydrogen) atoms. The minimum Gasteiger partial charge on any atom is -0.481 e. The Kier molecular flexibility index (Phi) is 3.52. The summed E-state index contributed by atoms with van der Waals surface area (Å²) in [7, 11) is 0. The highest BCUT2D eigenvalue weighted by atomic mass is 79.9. The number of carbonyl (C=O) groups is 1. The summed E-state index contributed by atoms with van der Waals surface area (Å²) in [6.07, 6.45) is 4.16. The van der Waals surface area contributed by atoms with Gasteiger partial charge in [-0.25, -0.2) is 9.97 Å². The lowest BCUT2D eigenvalue weighted by molar-refractivity contribution is -0.148. The van der Waals surface area contributed by atoms with E-state index in [1.54, 1.807) is 18.5 Å². The van der Waals surface area contributed by atoms with Gasteiger partial charge in [-0.15, -0.1) is 0 Å². The van der Waals surface area contributed by atoms with E-state index in [1.165, 1.54) is 0 Å². The molecule has 1 saturated carbocycles. The number of carboxylic acids is 1. The molecule has 2 aromatic heterocycles. The number of aliphatic carboxylic acids is 1. The van der Waals surface area contributed by atoms with Crippen LogP contribution < -0.4 is 4.74 Å². The third-order valence-electron chi connectivity index (χ3n) is 3.38. The van der Waals surface area contributed by atoms with E-state index >= 15 is 0 Å². The van der Waals surface area contributed by atoms with Crippen LogP contribution in [0.2, 0.25) is 5.15 Å². The van der Waals surface area contributed by atoms with E-state index in [0.717, 1.165) is 15.2 Å². The fourth-order valence-corrected chi connectivity index (χ4v) is 2.76. The summed E-state index contributed by atoms with van der Waals surface area (Å²) in [5.41, 5.74) is 0. The van der Waals surface area contributed by atoms with Crippen LogP contribution in [0.15, 0.2) is 22.9 Å². The molecule has 0 spiro atoms. The summed E-state index contributed by atoms with van der Waals surface area (Å²) in [6, 6.07) is 1.73. The Labute approximate surface area is 128 Å². The van der Waals surface area contributed by atoms with E-state index in [2.05, 4.69) is 25.9 Å². The van der Waals surface area contributed by atoms with Crippen molar-refractivity contribution < 1.29 is 14.6 Å². The first kappa shape index (κ1) is 13.6. The van der Waals surface area contributed by atoms with Crippen molar-refractivity contribution in [2.45, 2.75) is 18.9 Å². The number of hydrogen-bond acceptors (Lipinski definition) is 4.